The average molecular weight is 374 g/mol. The number of hydrogen-bond acceptors (Lipinski definition) is 5. The van der Waals surface area contributed by atoms with Gasteiger partial charge < -0.3 is 24.1 Å². The number of methoxy groups -OCH3 is 1. The van der Waals surface area contributed by atoms with Crippen LogP contribution in [0.3, 0.4) is 0 Å². The van der Waals surface area contributed by atoms with Crippen LogP contribution in [0.4, 0.5) is 0 Å². The molecule has 27 heavy (non-hydrogen) atoms. The van der Waals surface area contributed by atoms with Crippen LogP contribution in [0.5, 0.6) is 0 Å². The topological polar surface area (TPSA) is 57.2 Å². The van der Waals surface area contributed by atoms with E-state index >= 15 is 0 Å². The Morgan fingerprint density at radius 1 is 1.22 bits per heavy atom. The highest BCUT2D eigenvalue weighted by atomic mass is 16.7. The van der Waals surface area contributed by atoms with Crippen LogP contribution in [0, 0.1) is 5.92 Å². The van der Waals surface area contributed by atoms with Crippen molar-refractivity contribution in [3.63, 3.8) is 0 Å². The Hall–Kier alpha value is -1.50. The van der Waals surface area contributed by atoms with E-state index in [1.165, 1.54) is 0 Å². The maximum absolute atomic E-state index is 11.6. The summed E-state index contributed by atoms with van der Waals surface area (Å²) in [5.41, 5.74) is -0.205. The molecule has 5 nitrogen and oxygen atoms in total. The molecule has 0 amide bonds. The van der Waals surface area contributed by atoms with Crippen LogP contribution in [-0.4, -0.2) is 42.9 Å². The molecule has 2 heterocycles. The van der Waals surface area contributed by atoms with Gasteiger partial charge in [0, 0.05) is 18.6 Å². The summed E-state index contributed by atoms with van der Waals surface area (Å²) in [5.74, 6) is -0.196. The SMILES string of the molecule is C=CCCC[C@@]1(O)[C@@H](OC)O[C@@H]2CO[C@@H](c3ccccc3)O[C@H]2[C@@H]1CC=C. The first-order valence-electron chi connectivity index (χ1n) is 9.58. The molecule has 1 aromatic carbocycles. The summed E-state index contributed by atoms with van der Waals surface area (Å²) in [6, 6.07) is 9.83. The number of aliphatic hydroxyl groups is 1. The van der Waals surface area contributed by atoms with Crippen molar-refractivity contribution >= 4 is 0 Å². The zero-order valence-corrected chi connectivity index (χ0v) is 16.0. The van der Waals surface area contributed by atoms with Crippen LogP contribution >= 0.6 is 0 Å². The van der Waals surface area contributed by atoms with Crippen LogP contribution in [0.2, 0.25) is 0 Å². The molecular formula is C22H30O5. The fraction of sp³-hybridized carbons (Fsp3) is 0.545. The second-order valence-electron chi connectivity index (χ2n) is 7.22. The Morgan fingerprint density at radius 3 is 2.67 bits per heavy atom. The number of allylic oxidation sites excluding steroid dienone is 2. The Morgan fingerprint density at radius 2 is 2.00 bits per heavy atom. The number of ether oxygens (including phenoxy) is 4. The second kappa shape index (κ2) is 9.13. The van der Waals surface area contributed by atoms with E-state index in [9.17, 15) is 5.11 Å². The van der Waals surface area contributed by atoms with Gasteiger partial charge in [0.1, 0.15) is 11.7 Å². The lowest BCUT2D eigenvalue weighted by Crippen LogP contribution is -2.65. The lowest BCUT2D eigenvalue weighted by molar-refractivity contribution is -0.376. The predicted molar refractivity (Wildman–Crippen MR) is 103 cm³/mol. The van der Waals surface area contributed by atoms with Crippen molar-refractivity contribution < 1.29 is 24.1 Å². The minimum atomic E-state index is -1.16. The molecule has 0 bridgehead atoms. The van der Waals surface area contributed by atoms with Gasteiger partial charge >= 0.3 is 0 Å². The molecule has 5 heteroatoms. The lowest BCUT2D eigenvalue weighted by Gasteiger charge is -2.53. The van der Waals surface area contributed by atoms with Crippen molar-refractivity contribution in [1.29, 1.82) is 0 Å². The molecule has 2 aliphatic rings. The minimum Gasteiger partial charge on any atom is -0.384 e. The van der Waals surface area contributed by atoms with Gasteiger partial charge in [0.05, 0.1) is 12.7 Å². The van der Waals surface area contributed by atoms with Gasteiger partial charge in [0.15, 0.2) is 12.6 Å². The van der Waals surface area contributed by atoms with Crippen LogP contribution in [0.15, 0.2) is 55.6 Å². The van der Waals surface area contributed by atoms with Crippen LogP contribution in [0.25, 0.3) is 0 Å². The van der Waals surface area contributed by atoms with Crippen LogP contribution < -0.4 is 0 Å². The standard InChI is InChI=1S/C22H30O5/c1-4-6-10-14-22(23)17(11-5-2)19-18(26-21(22)24-3)15-25-20(27-19)16-12-8-7-9-13-16/h4-5,7-9,12-13,17-21,23H,1-2,6,10-11,14-15H2,3H3/t17-,18+,19-,20+,21-,22-/m0/s1. The number of fused-ring (bicyclic) bond motifs is 1. The molecule has 3 rings (SSSR count). The summed E-state index contributed by atoms with van der Waals surface area (Å²) in [5, 5.41) is 11.6. The highest BCUT2D eigenvalue weighted by Gasteiger charge is 2.57. The normalized spacial score (nSPS) is 36.0. The number of unbranched alkanes of at least 4 members (excludes halogenated alkanes) is 1. The van der Waals surface area contributed by atoms with E-state index in [0.717, 1.165) is 18.4 Å². The Bertz CT molecular complexity index is 618. The van der Waals surface area contributed by atoms with E-state index in [4.69, 9.17) is 18.9 Å². The smallest absolute Gasteiger partial charge is 0.186 e. The molecule has 2 aliphatic heterocycles. The molecule has 0 saturated carbocycles. The fourth-order valence-corrected chi connectivity index (χ4v) is 4.15. The molecule has 0 aliphatic carbocycles. The number of hydrogen-bond donors (Lipinski definition) is 1. The van der Waals surface area contributed by atoms with E-state index in [1.54, 1.807) is 7.11 Å². The van der Waals surface area contributed by atoms with Gasteiger partial charge in [-0.25, -0.2) is 0 Å². The molecule has 148 valence electrons. The molecule has 2 fully saturated rings. The van der Waals surface area contributed by atoms with Crippen LogP contribution in [-0.2, 0) is 18.9 Å². The summed E-state index contributed by atoms with van der Waals surface area (Å²) in [4.78, 5) is 0. The summed E-state index contributed by atoms with van der Waals surface area (Å²) >= 11 is 0. The molecule has 6 atom stereocenters. The van der Waals surface area contributed by atoms with Crippen molar-refractivity contribution in [2.45, 2.75) is 56.1 Å². The first kappa shape index (κ1) is 20.2. The monoisotopic (exact) mass is 374 g/mol. The molecular weight excluding hydrogens is 344 g/mol. The van der Waals surface area contributed by atoms with E-state index < -0.39 is 18.2 Å². The quantitative estimate of drug-likeness (QED) is 0.555. The fourth-order valence-electron chi connectivity index (χ4n) is 4.15. The molecule has 0 spiro atoms. The van der Waals surface area contributed by atoms with Gasteiger partial charge in [0.2, 0.25) is 0 Å². The van der Waals surface area contributed by atoms with Crippen molar-refractivity contribution in [1.82, 2.24) is 0 Å². The number of rotatable bonds is 8. The van der Waals surface area contributed by atoms with Crippen molar-refractivity contribution in [3.8, 4) is 0 Å². The molecule has 1 N–H and O–H groups in total. The Balaban J connectivity index is 1.85. The highest BCUT2D eigenvalue weighted by molar-refractivity contribution is 5.17. The van der Waals surface area contributed by atoms with E-state index in [2.05, 4.69) is 13.2 Å². The van der Waals surface area contributed by atoms with Gasteiger partial charge in [-0.15, -0.1) is 13.2 Å². The largest absolute Gasteiger partial charge is 0.384 e. The molecule has 1 aromatic rings. The third-order valence-electron chi connectivity index (χ3n) is 5.50. The second-order valence-corrected chi connectivity index (χ2v) is 7.22. The zero-order chi connectivity index (χ0) is 19.3. The zero-order valence-electron chi connectivity index (χ0n) is 16.0. The van der Waals surface area contributed by atoms with E-state index in [1.807, 2.05) is 42.5 Å². The first-order valence-corrected chi connectivity index (χ1v) is 9.58. The predicted octanol–water partition coefficient (Wildman–Crippen LogP) is 3.75. The molecule has 2 saturated heterocycles. The van der Waals surface area contributed by atoms with Gasteiger partial charge in [-0.05, 0) is 25.7 Å². The summed E-state index contributed by atoms with van der Waals surface area (Å²) in [6.07, 6.45) is 4.66. The van der Waals surface area contributed by atoms with Gasteiger partial charge in [0.25, 0.3) is 0 Å². The Labute approximate surface area is 161 Å². The van der Waals surface area contributed by atoms with Gasteiger partial charge in [-0.2, -0.15) is 0 Å². The average Bonchev–Trinajstić information content (AvgIpc) is 2.70. The first-order chi connectivity index (χ1) is 13.1. The summed E-state index contributed by atoms with van der Waals surface area (Å²) in [6.45, 7) is 8.04. The maximum Gasteiger partial charge on any atom is 0.186 e. The van der Waals surface area contributed by atoms with Crippen molar-refractivity contribution in [2.75, 3.05) is 13.7 Å². The van der Waals surface area contributed by atoms with Crippen molar-refractivity contribution in [2.24, 2.45) is 5.92 Å². The van der Waals surface area contributed by atoms with Gasteiger partial charge in [-0.3, -0.25) is 0 Å². The Kier molecular flexibility index (Phi) is 6.84. The van der Waals surface area contributed by atoms with Gasteiger partial charge in [-0.1, -0.05) is 42.5 Å². The lowest BCUT2D eigenvalue weighted by atomic mass is 9.73. The molecule has 0 aromatic heterocycles. The minimum absolute atomic E-state index is 0.196. The third kappa shape index (κ3) is 4.18. The maximum atomic E-state index is 11.6. The number of benzene rings is 1. The summed E-state index contributed by atoms with van der Waals surface area (Å²) in [7, 11) is 1.56. The summed E-state index contributed by atoms with van der Waals surface area (Å²) < 4.78 is 23.8. The molecule has 0 radical (unpaired) electrons. The van der Waals surface area contributed by atoms with E-state index in [-0.39, 0.29) is 18.1 Å². The van der Waals surface area contributed by atoms with E-state index in [0.29, 0.717) is 19.4 Å². The third-order valence-corrected chi connectivity index (χ3v) is 5.50. The molecule has 0 unspecified atom stereocenters. The van der Waals surface area contributed by atoms with Crippen molar-refractivity contribution in [3.05, 3.63) is 61.2 Å². The van der Waals surface area contributed by atoms with Crippen LogP contribution in [0.1, 0.15) is 37.5 Å². The highest BCUT2D eigenvalue weighted by Crippen LogP contribution is 2.45.